The summed E-state index contributed by atoms with van der Waals surface area (Å²) in [5, 5.41) is 4.50. The first-order chi connectivity index (χ1) is 17.8. The van der Waals surface area contributed by atoms with Gasteiger partial charge >= 0.3 is 0 Å². The maximum atomic E-state index is 6.28. The lowest BCUT2D eigenvalue weighted by Gasteiger charge is -2.37. The van der Waals surface area contributed by atoms with Crippen molar-refractivity contribution in [2.24, 2.45) is 10.9 Å². The van der Waals surface area contributed by atoms with Gasteiger partial charge in [-0.15, -0.1) is 0 Å². The highest BCUT2D eigenvalue weighted by Gasteiger charge is 2.37. The van der Waals surface area contributed by atoms with Crippen LogP contribution in [0, 0.1) is 5.92 Å². The van der Waals surface area contributed by atoms with E-state index in [0.29, 0.717) is 23.5 Å². The summed E-state index contributed by atoms with van der Waals surface area (Å²) >= 11 is 6.28. The fraction of sp³-hybridized carbons (Fsp3) is 0.156. The fourth-order valence-corrected chi connectivity index (χ4v) is 5.47. The average molecular weight is 491 g/mol. The molecule has 0 aromatic heterocycles. The molecule has 0 spiro atoms. The van der Waals surface area contributed by atoms with Gasteiger partial charge in [0.1, 0.15) is 12.4 Å². The van der Waals surface area contributed by atoms with Crippen molar-refractivity contribution in [3.05, 3.63) is 136 Å². The molecule has 1 aliphatic carbocycles. The number of rotatable bonds is 6. The molecule has 0 saturated heterocycles. The van der Waals surface area contributed by atoms with Gasteiger partial charge in [0, 0.05) is 34.0 Å². The SMILES string of the molecule is Clc1ccccc1COc1ccccc1C=Nc1ccc([C@@H]2Nc3ccccc3[C@H]3C=CC[C@@H]32)cc1. The second kappa shape index (κ2) is 10.0. The van der Waals surface area contributed by atoms with E-state index >= 15 is 0 Å². The Morgan fingerprint density at radius 1 is 0.889 bits per heavy atom. The first kappa shape index (κ1) is 22.6. The maximum Gasteiger partial charge on any atom is 0.128 e. The molecule has 1 heterocycles. The highest BCUT2D eigenvalue weighted by molar-refractivity contribution is 6.31. The van der Waals surface area contributed by atoms with Crippen molar-refractivity contribution in [1.29, 1.82) is 0 Å². The molecular weight excluding hydrogens is 464 g/mol. The zero-order valence-corrected chi connectivity index (χ0v) is 20.6. The van der Waals surface area contributed by atoms with Crippen LogP contribution in [0.15, 0.2) is 114 Å². The maximum absolute atomic E-state index is 6.28. The molecule has 6 rings (SSSR count). The van der Waals surface area contributed by atoms with E-state index in [2.05, 4.69) is 66.0 Å². The lowest BCUT2D eigenvalue weighted by atomic mass is 9.77. The van der Waals surface area contributed by atoms with Crippen LogP contribution in [-0.4, -0.2) is 6.21 Å². The van der Waals surface area contributed by atoms with Crippen LogP contribution in [-0.2, 0) is 6.61 Å². The molecular formula is C32H27ClN2O. The smallest absolute Gasteiger partial charge is 0.128 e. The summed E-state index contributed by atoms with van der Waals surface area (Å²) in [4.78, 5) is 4.73. The molecule has 178 valence electrons. The van der Waals surface area contributed by atoms with E-state index in [0.717, 1.165) is 29.0 Å². The van der Waals surface area contributed by atoms with E-state index < -0.39 is 0 Å². The van der Waals surface area contributed by atoms with E-state index in [-0.39, 0.29) is 6.04 Å². The lowest BCUT2D eigenvalue weighted by Crippen LogP contribution is -2.28. The van der Waals surface area contributed by atoms with Crippen molar-refractivity contribution in [2.75, 3.05) is 5.32 Å². The number of benzene rings is 4. The molecule has 4 aromatic carbocycles. The third-order valence-corrected chi connectivity index (χ3v) is 7.51. The number of allylic oxidation sites excluding steroid dienone is 2. The van der Waals surface area contributed by atoms with Crippen molar-refractivity contribution in [2.45, 2.75) is 25.0 Å². The van der Waals surface area contributed by atoms with Gasteiger partial charge in [-0.1, -0.05) is 84.4 Å². The summed E-state index contributed by atoms with van der Waals surface area (Å²) in [5.41, 5.74) is 6.75. The molecule has 4 heteroatoms. The third-order valence-electron chi connectivity index (χ3n) is 7.14. The molecule has 0 radical (unpaired) electrons. The standard InChI is InChI=1S/C32H27ClN2O/c33-29-13-4-1-9-24(29)21-36-31-15-6-2-8-23(31)20-34-25-18-16-22(17-19-25)32-28-12-7-11-26(28)27-10-3-5-14-30(27)35-32/h1-11,13-20,26,28,32,35H,12,21H2/t26-,28+,32+/m1/s1. The predicted molar refractivity (Wildman–Crippen MR) is 149 cm³/mol. The summed E-state index contributed by atoms with van der Waals surface area (Å²) in [6.07, 6.45) is 7.67. The Labute approximate surface area is 217 Å². The van der Waals surface area contributed by atoms with Crippen LogP contribution in [0.2, 0.25) is 5.02 Å². The summed E-state index contributed by atoms with van der Waals surface area (Å²) in [6.45, 7) is 0.410. The molecule has 0 unspecified atom stereocenters. The number of hydrogen-bond acceptors (Lipinski definition) is 3. The van der Waals surface area contributed by atoms with Gasteiger partial charge in [-0.25, -0.2) is 0 Å². The molecule has 0 saturated carbocycles. The molecule has 0 bridgehead atoms. The molecule has 1 aliphatic heterocycles. The molecule has 2 aliphatic rings. The van der Waals surface area contributed by atoms with Crippen LogP contribution in [0.5, 0.6) is 5.75 Å². The number of hydrogen-bond donors (Lipinski definition) is 1. The zero-order valence-electron chi connectivity index (χ0n) is 19.8. The zero-order chi connectivity index (χ0) is 24.3. The first-order valence-electron chi connectivity index (χ1n) is 12.4. The Bertz CT molecular complexity index is 1430. The van der Waals surface area contributed by atoms with Crippen molar-refractivity contribution < 1.29 is 4.74 Å². The van der Waals surface area contributed by atoms with Crippen LogP contribution in [0.3, 0.4) is 0 Å². The van der Waals surface area contributed by atoms with Gasteiger partial charge in [-0.05, 0) is 59.9 Å². The van der Waals surface area contributed by atoms with Crippen molar-refractivity contribution in [3.8, 4) is 5.75 Å². The minimum atomic E-state index is 0.289. The molecule has 1 N–H and O–H groups in total. The molecule has 4 aromatic rings. The van der Waals surface area contributed by atoms with E-state index in [9.17, 15) is 0 Å². The molecule has 36 heavy (non-hydrogen) atoms. The van der Waals surface area contributed by atoms with Crippen molar-refractivity contribution in [1.82, 2.24) is 0 Å². The van der Waals surface area contributed by atoms with Gasteiger partial charge < -0.3 is 10.1 Å². The van der Waals surface area contributed by atoms with E-state index in [1.54, 1.807) is 0 Å². The predicted octanol–water partition coefficient (Wildman–Crippen LogP) is 8.50. The number of para-hydroxylation sites is 2. The minimum Gasteiger partial charge on any atom is -0.488 e. The van der Waals surface area contributed by atoms with E-state index in [1.807, 2.05) is 54.7 Å². The normalized spacial score (nSPS) is 20.1. The van der Waals surface area contributed by atoms with Gasteiger partial charge in [-0.2, -0.15) is 0 Å². The van der Waals surface area contributed by atoms with Gasteiger partial charge in [0.25, 0.3) is 0 Å². The Kier molecular flexibility index (Phi) is 6.31. The number of fused-ring (bicyclic) bond motifs is 3. The van der Waals surface area contributed by atoms with Crippen LogP contribution in [0.4, 0.5) is 11.4 Å². The third kappa shape index (κ3) is 4.55. The second-order valence-electron chi connectivity index (χ2n) is 9.33. The quantitative estimate of drug-likeness (QED) is 0.217. The largest absolute Gasteiger partial charge is 0.488 e. The van der Waals surface area contributed by atoms with Crippen molar-refractivity contribution >= 4 is 29.2 Å². The second-order valence-corrected chi connectivity index (χ2v) is 9.74. The number of nitrogens with zero attached hydrogens (tertiary/aromatic N) is 1. The van der Waals surface area contributed by atoms with E-state index in [4.69, 9.17) is 21.3 Å². The van der Waals surface area contributed by atoms with Crippen LogP contribution in [0.1, 0.15) is 40.6 Å². The van der Waals surface area contributed by atoms with Gasteiger partial charge in [0.15, 0.2) is 0 Å². The molecule has 3 atom stereocenters. The summed E-state index contributed by atoms with van der Waals surface area (Å²) in [6, 6.07) is 33.2. The van der Waals surface area contributed by atoms with Crippen LogP contribution in [0.25, 0.3) is 0 Å². The van der Waals surface area contributed by atoms with Gasteiger partial charge in [0.05, 0.1) is 11.7 Å². The highest BCUT2D eigenvalue weighted by Crippen LogP contribution is 2.49. The van der Waals surface area contributed by atoms with Crippen LogP contribution < -0.4 is 10.1 Å². The fourth-order valence-electron chi connectivity index (χ4n) is 5.27. The minimum absolute atomic E-state index is 0.289. The number of nitrogens with one attached hydrogen (secondary N) is 1. The molecule has 3 nitrogen and oxygen atoms in total. The Morgan fingerprint density at radius 2 is 1.67 bits per heavy atom. The average Bonchev–Trinajstić information content (AvgIpc) is 3.42. The van der Waals surface area contributed by atoms with E-state index in [1.165, 1.54) is 16.8 Å². The summed E-state index contributed by atoms with van der Waals surface area (Å²) in [7, 11) is 0. The molecule has 0 fully saturated rings. The summed E-state index contributed by atoms with van der Waals surface area (Å²) < 4.78 is 6.07. The lowest BCUT2D eigenvalue weighted by molar-refractivity contribution is 0.306. The number of anilines is 1. The van der Waals surface area contributed by atoms with Crippen molar-refractivity contribution in [3.63, 3.8) is 0 Å². The number of aliphatic imine (C=N–C) groups is 1. The topological polar surface area (TPSA) is 33.6 Å². The van der Waals surface area contributed by atoms with Gasteiger partial charge in [0.2, 0.25) is 0 Å². The Balaban J connectivity index is 1.18. The first-order valence-corrected chi connectivity index (χ1v) is 12.8. The highest BCUT2D eigenvalue weighted by atomic mass is 35.5. The summed E-state index contributed by atoms with van der Waals surface area (Å²) in [5.74, 6) is 1.80. The number of halogens is 1. The molecule has 0 amide bonds. The number of ether oxygens (including phenoxy) is 1. The van der Waals surface area contributed by atoms with Crippen LogP contribution >= 0.6 is 11.6 Å². The Hall–Kier alpha value is -3.82. The monoisotopic (exact) mass is 490 g/mol. The Morgan fingerprint density at radius 3 is 2.56 bits per heavy atom. The van der Waals surface area contributed by atoms with Gasteiger partial charge in [-0.3, -0.25) is 4.99 Å².